The van der Waals surface area contributed by atoms with Gasteiger partial charge >= 0.3 is 0 Å². The van der Waals surface area contributed by atoms with Gasteiger partial charge in [-0.15, -0.1) is 0 Å². The molecule has 1 aromatic carbocycles. The fourth-order valence-electron chi connectivity index (χ4n) is 4.21. The van der Waals surface area contributed by atoms with Crippen molar-refractivity contribution in [3.63, 3.8) is 0 Å². The Morgan fingerprint density at radius 2 is 1.92 bits per heavy atom. The van der Waals surface area contributed by atoms with Crippen LogP contribution < -0.4 is 16.0 Å². The monoisotopic (exact) mass is 480 g/mol. The molecule has 1 fully saturated rings. The maximum Gasteiger partial charge on any atom is 0.247 e. The van der Waals surface area contributed by atoms with Crippen LogP contribution in [0.5, 0.6) is 0 Å². The number of nitrogens with zero attached hydrogens (tertiary/aromatic N) is 5. The number of benzene rings is 1. The number of likely N-dealkylation sites (tertiary alicyclic amines) is 1. The summed E-state index contributed by atoms with van der Waals surface area (Å²) < 4.78 is 0. The molecule has 4 aromatic rings. The molecule has 5 rings (SSSR count). The van der Waals surface area contributed by atoms with Crippen LogP contribution in [0, 0.1) is 0 Å². The van der Waals surface area contributed by atoms with Crippen LogP contribution in [-0.2, 0) is 4.79 Å². The molecule has 0 bridgehead atoms. The topological polar surface area (TPSA) is 108 Å². The Kier molecular flexibility index (Phi) is 6.81. The van der Waals surface area contributed by atoms with E-state index >= 15 is 0 Å². The number of rotatable bonds is 7. The van der Waals surface area contributed by atoms with Crippen LogP contribution >= 0.6 is 0 Å². The molecule has 1 amide bonds. The number of carbonyl (C=O) groups is 1. The summed E-state index contributed by atoms with van der Waals surface area (Å²) in [5.74, 6) is 1.04. The van der Waals surface area contributed by atoms with Crippen molar-refractivity contribution in [1.82, 2.24) is 24.8 Å². The van der Waals surface area contributed by atoms with Gasteiger partial charge in [0.05, 0.1) is 17.6 Å². The Bertz CT molecular complexity index is 1380. The molecule has 1 saturated heterocycles. The highest BCUT2D eigenvalue weighted by molar-refractivity contribution is 5.99. The molecule has 1 aliphatic heterocycles. The van der Waals surface area contributed by atoms with Crippen LogP contribution in [0.1, 0.15) is 12.8 Å². The summed E-state index contributed by atoms with van der Waals surface area (Å²) in [7, 11) is 2.16. The van der Waals surface area contributed by atoms with Gasteiger partial charge in [0.25, 0.3) is 0 Å². The number of fused-ring (bicyclic) bond motifs is 1. The van der Waals surface area contributed by atoms with Crippen molar-refractivity contribution < 1.29 is 4.79 Å². The predicted molar refractivity (Wildman–Crippen MR) is 143 cm³/mol. The Morgan fingerprint density at radius 1 is 1.06 bits per heavy atom. The van der Waals surface area contributed by atoms with Gasteiger partial charge in [0, 0.05) is 35.1 Å². The van der Waals surface area contributed by atoms with E-state index in [1.165, 1.54) is 6.08 Å². The molecule has 9 heteroatoms. The van der Waals surface area contributed by atoms with Crippen molar-refractivity contribution in [3.8, 4) is 11.3 Å². The molecule has 1 aliphatic rings. The minimum Gasteiger partial charge on any atom is -0.367 e. The van der Waals surface area contributed by atoms with Crippen LogP contribution in [0.15, 0.2) is 73.7 Å². The van der Waals surface area contributed by atoms with Crippen molar-refractivity contribution in [2.45, 2.75) is 18.9 Å². The third kappa shape index (κ3) is 5.47. The van der Waals surface area contributed by atoms with Gasteiger partial charge in [-0.25, -0.2) is 15.0 Å². The van der Waals surface area contributed by atoms with Crippen molar-refractivity contribution in [1.29, 1.82) is 0 Å². The molecule has 36 heavy (non-hydrogen) atoms. The average Bonchev–Trinajstić information content (AvgIpc) is 2.91. The first-order valence-electron chi connectivity index (χ1n) is 11.9. The van der Waals surface area contributed by atoms with Gasteiger partial charge in [0.2, 0.25) is 11.9 Å². The van der Waals surface area contributed by atoms with E-state index in [4.69, 9.17) is 4.98 Å². The lowest BCUT2D eigenvalue weighted by Crippen LogP contribution is -2.36. The van der Waals surface area contributed by atoms with Crippen LogP contribution in [0.3, 0.4) is 0 Å². The third-order valence-electron chi connectivity index (χ3n) is 6.18. The molecule has 0 spiro atoms. The Morgan fingerprint density at radius 3 is 2.69 bits per heavy atom. The summed E-state index contributed by atoms with van der Waals surface area (Å²) in [6.07, 6.45) is 8.73. The zero-order valence-electron chi connectivity index (χ0n) is 20.1. The largest absolute Gasteiger partial charge is 0.367 e. The summed E-state index contributed by atoms with van der Waals surface area (Å²) in [5.41, 5.74) is 3.68. The molecule has 3 N–H and O–H groups in total. The van der Waals surface area contributed by atoms with E-state index in [-0.39, 0.29) is 5.91 Å². The summed E-state index contributed by atoms with van der Waals surface area (Å²) in [6.45, 7) is 5.69. The molecule has 9 nitrogen and oxygen atoms in total. The fourth-order valence-corrected chi connectivity index (χ4v) is 4.21. The first kappa shape index (κ1) is 23.4. The fraction of sp³-hybridized carbons (Fsp3) is 0.222. The Hall–Kier alpha value is -4.37. The van der Waals surface area contributed by atoms with Gasteiger partial charge in [-0.1, -0.05) is 18.7 Å². The summed E-state index contributed by atoms with van der Waals surface area (Å²) in [5, 5.41) is 10.4. The second-order valence-corrected chi connectivity index (χ2v) is 8.84. The number of piperidine rings is 1. The third-order valence-corrected chi connectivity index (χ3v) is 6.18. The Labute approximate surface area is 209 Å². The van der Waals surface area contributed by atoms with E-state index in [1.54, 1.807) is 18.6 Å². The molecular weight excluding hydrogens is 452 g/mol. The average molecular weight is 481 g/mol. The number of amides is 1. The van der Waals surface area contributed by atoms with Crippen LogP contribution in [-0.4, -0.2) is 56.9 Å². The lowest BCUT2D eigenvalue weighted by molar-refractivity contribution is -0.111. The molecule has 182 valence electrons. The van der Waals surface area contributed by atoms with Crippen molar-refractivity contribution in [3.05, 3.63) is 73.7 Å². The molecule has 0 aliphatic carbocycles. The van der Waals surface area contributed by atoms with Gasteiger partial charge in [-0.3, -0.25) is 9.78 Å². The molecule has 0 radical (unpaired) electrons. The first-order valence-corrected chi connectivity index (χ1v) is 11.9. The highest BCUT2D eigenvalue weighted by atomic mass is 16.1. The molecular formula is C27H28N8O. The number of hydrogen-bond acceptors (Lipinski definition) is 8. The predicted octanol–water partition coefficient (Wildman–Crippen LogP) is 4.46. The summed E-state index contributed by atoms with van der Waals surface area (Å²) in [6, 6.07) is 13.7. The second kappa shape index (κ2) is 10.5. The number of carbonyl (C=O) groups excluding carboxylic acids is 1. The SMILES string of the molecule is C=CC(=O)Nc1cccc(-c2nccc3cnc(Nc4ccc(NC5CCN(C)CC5)nc4)nc23)c1. The number of hydrogen-bond donors (Lipinski definition) is 3. The van der Waals surface area contributed by atoms with E-state index in [0.29, 0.717) is 28.9 Å². The van der Waals surface area contributed by atoms with Gasteiger partial charge in [0.15, 0.2) is 0 Å². The highest BCUT2D eigenvalue weighted by Crippen LogP contribution is 2.28. The lowest BCUT2D eigenvalue weighted by atomic mass is 10.1. The van der Waals surface area contributed by atoms with Crippen LogP contribution in [0.25, 0.3) is 22.2 Å². The van der Waals surface area contributed by atoms with Gasteiger partial charge in [-0.05, 0) is 69.4 Å². The second-order valence-electron chi connectivity index (χ2n) is 8.84. The minimum absolute atomic E-state index is 0.270. The van der Waals surface area contributed by atoms with E-state index in [9.17, 15) is 4.79 Å². The standard InChI is InChI=1S/C27H28N8O/c1-3-24(36)32-21-6-4-5-18(15-21)25-26-19(9-12-28-25)16-30-27(34-26)33-22-7-8-23(29-17-22)31-20-10-13-35(2)14-11-20/h3-9,12,15-17,20H,1,10-11,13-14H2,2H3,(H,29,31)(H,32,36)(H,30,33,34). The Balaban J connectivity index is 1.35. The normalized spacial score (nSPS) is 14.4. The quantitative estimate of drug-likeness (QED) is 0.333. The van der Waals surface area contributed by atoms with Gasteiger partial charge in [-0.2, -0.15) is 0 Å². The van der Waals surface area contributed by atoms with Gasteiger partial charge in [0.1, 0.15) is 11.3 Å². The van der Waals surface area contributed by atoms with Crippen molar-refractivity contribution in [2.24, 2.45) is 0 Å². The van der Waals surface area contributed by atoms with Crippen LogP contribution in [0.4, 0.5) is 23.1 Å². The molecule has 0 atom stereocenters. The van der Waals surface area contributed by atoms with Gasteiger partial charge < -0.3 is 20.9 Å². The molecule has 3 aromatic heterocycles. The maximum atomic E-state index is 11.7. The molecule has 0 saturated carbocycles. The molecule has 0 unspecified atom stereocenters. The summed E-state index contributed by atoms with van der Waals surface area (Å²) >= 11 is 0. The summed E-state index contributed by atoms with van der Waals surface area (Å²) in [4.78, 5) is 32.4. The van der Waals surface area contributed by atoms with E-state index in [0.717, 1.165) is 48.4 Å². The maximum absolute atomic E-state index is 11.7. The highest BCUT2D eigenvalue weighted by Gasteiger charge is 2.16. The lowest BCUT2D eigenvalue weighted by Gasteiger charge is -2.29. The smallest absolute Gasteiger partial charge is 0.247 e. The zero-order chi connectivity index (χ0) is 24.9. The van der Waals surface area contributed by atoms with Crippen molar-refractivity contribution >= 4 is 40.0 Å². The zero-order valence-corrected chi connectivity index (χ0v) is 20.1. The number of pyridine rings is 2. The first-order chi connectivity index (χ1) is 17.6. The van der Waals surface area contributed by atoms with E-state index in [2.05, 4.69) is 49.4 Å². The minimum atomic E-state index is -0.270. The number of anilines is 4. The molecule has 4 heterocycles. The number of aromatic nitrogens is 4. The van der Waals surface area contributed by atoms with Crippen LogP contribution in [0.2, 0.25) is 0 Å². The van der Waals surface area contributed by atoms with Crippen molar-refractivity contribution in [2.75, 3.05) is 36.1 Å². The number of nitrogens with one attached hydrogen (secondary N) is 3. The van der Waals surface area contributed by atoms with E-state index < -0.39 is 0 Å². The van der Waals surface area contributed by atoms with E-state index in [1.807, 2.05) is 42.5 Å².